The highest BCUT2D eigenvalue weighted by molar-refractivity contribution is 5.94. The van der Waals surface area contributed by atoms with Gasteiger partial charge < -0.3 is 10.2 Å². The first kappa shape index (κ1) is 17.2. The van der Waals surface area contributed by atoms with Gasteiger partial charge in [-0.1, -0.05) is 0 Å². The van der Waals surface area contributed by atoms with Crippen molar-refractivity contribution < 1.29 is 13.6 Å². The van der Waals surface area contributed by atoms with Crippen molar-refractivity contribution in [3.05, 3.63) is 48.3 Å². The molecular formula is C17H19F2N5O. The molecule has 25 heavy (non-hydrogen) atoms. The first-order chi connectivity index (χ1) is 12.0. The van der Waals surface area contributed by atoms with E-state index in [0.717, 1.165) is 18.2 Å². The summed E-state index contributed by atoms with van der Waals surface area (Å²) in [6, 6.07) is 4.29. The number of carbonyl (C=O) groups is 1. The Labute approximate surface area is 144 Å². The summed E-state index contributed by atoms with van der Waals surface area (Å²) in [6.07, 6.45) is 3.39. The van der Waals surface area contributed by atoms with E-state index in [1.54, 1.807) is 25.4 Å². The maximum atomic E-state index is 13.7. The number of nitrogens with zero attached hydrogens (tertiary/aromatic N) is 4. The molecule has 0 aliphatic carbocycles. The van der Waals surface area contributed by atoms with Crippen molar-refractivity contribution in [1.29, 1.82) is 0 Å². The van der Waals surface area contributed by atoms with Gasteiger partial charge in [-0.25, -0.2) is 18.7 Å². The van der Waals surface area contributed by atoms with Gasteiger partial charge in [-0.2, -0.15) is 0 Å². The minimum atomic E-state index is -0.659. The Balaban J connectivity index is 1.57. The number of aromatic nitrogens is 2. The Morgan fingerprint density at radius 1 is 1.16 bits per heavy atom. The van der Waals surface area contributed by atoms with Gasteiger partial charge in [0.05, 0.1) is 11.7 Å². The summed E-state index contributed by atoms with van der Waals surface area (Å²) in [5.74, 6) is -0.955. The molecule has 1 fully saturated rings. The van der Waals surface area contributed by atoms with Crippen molar-refractivity contribution in [2.45, 2.75) is 13.0 Å². The zero-order valence-electron chi connectivity index (χ0n) is 13.8. The highest BCUT2D eigenvalue weighted by atomic mass is 19.1. The number of hydrogen-bond acceptors (Lipinski definition) is 5. The maximum absolute atomic E-state index is 13.7. The molecule has 6 nitrogen and oxygen atoms in total. The molecule has 1 N–H and O–H groups in total. The summed E-state index contributed by atoms with van der Waals surface area (Å²) in [5.41, 5.74) is -0.145. The molecule has 8 heteroatoms. The van der Waals surface area contributed by atoms with Crippen LogP contribution in [0.15, 0.2) is 36.7 Å². The van der Waals surface area contributed by atoms with E-state index in [1.807, 2.05) is 9.80 Å². The van der Waals surface area contributed by atoms with E-state index < -0.39 is 17.7 Å². The number of rotatable bonds is 4. The van der Waals surface area contributed by atoms with Crippen molar-refractivity contribution in [1.82, 2.24) is 14.9 Å². The molecule has 132 valence electrons. The fourth-order valence-electron chi connectivity index (χ4n) is 2.76. The predicted molar refractivity (Wildman–Crippen MR) is 90.3 cm³/mol. The maximum Gasteiger partial charge on any atom is 0.241 e. The standard InChI is InChI=1S/C17H19F2N5O/c1-12(16(25)22-15-11-13(18)3-4-14(15)19)23-7-9-24(10-8-23)17-20-5-2-6-21-17/h2-6,11-12H,7-10H2,1H3,(H,22,25)/t12-/m1/s1. The summed E-state index contributed by atoms with van der Waals surface area (Å²) in [5, 5.41) is 2.46. The van der Waals surface area contributed by atoms with Crippen molar-refractivity contribution in [3.63, 3.8) is 0 Å². The van der Waals surface area contributed by atoms with Crippen LogP contribution in [-0.2, 0) is 4.79 Å². The van der Waals surface area contributed by atoms with Crippen LogP contribution in [0.2, 0.25) is 0 Å². The summed E-state index contributed by atoms with van der Waals surface area (Å²) in [7, 11) is 0. The first-order valence-corrected chi connectivity index (χ1v) is 8.06. The molecule has 1 aromatic carbocycles. The third-order valence-electron chi connectivity index (χ3n) is 4.26. The summed E-state index contributed by atoms with van der Waals surface area (Å²) < 4.78 is 26.9. The van der Waals surface area contributed by atoms with Crippen LogP contribution < -0.4 is 10.2 Å². The molecule has 0 radical (unpaired) electrons. The Morgan fingerprint density at radius 3 is 2.52 bits per heavy atom. The number of piperazine rings is 1. The van der Waals surface area contributed by atoms with Crippen molar-refractivity contribution >= 4 is 17.5 Å². The van der Waals surface area contributed by atoms with Crippen LogP contribution in [0.1, 0.15) is 6.92 Å². The van der Waals surface area contributed by atoms with E-state index in [0.29, 0.717) is 32.1 Å². The Morgan fingerprint density at radius 2 is 1.84 bits per heavy atom. The van der Waals surface area contributed by atoms with Gasteiger partial charge in [-0.05, 0) is 25.1 Å². The lowest BCUT2D eigenvalue weighted by Crippen LogP contribution is -2.53. The van der Waals surface area contributed by atoms with Crippen LogP contribution in [0.5, 0.6) is 0 Å². The quantitative estimate of drug-likeness (QED) is 0.915. The average Bonchev–Trinajstić information content (AvgIpc) is 2.65. The molecule has 0 unspecified atom stereocenters. The lowest BCUT2D eigenvalue weighted by molar-refractivity contribution is -0.120. The molecule has 0 saturated carbocycles. The monoisotopic (exact) mass is 347 g/mol. The number of benzene rings is 1. The molecule has 1 saturated heterocycles. The Bertz CT molecular complexity index is 735. The second kappa shape index (κ2) is 7.52. The minimum absolute atomic E-state index is 0.145. The van der Waals surface area contributed by atoms with Gasteiger partial charge in [0.25, 0.3) is 0 Å². The fourth-order valence-corrected chi connectivity index (χ4v) is 2.76. The topological polar surface area (TPSA) is 61.4 Å². The van der Waals surface area contributed by atoms with Crippen LogP contribution in [0.25, 0.3) is 0 Å². The molecular weight excluding hydrogens is 328 g/mol. The third-order valence-corrected chi connectivity index (χ3v) is 4.26. The van der Waals surface area contributed by atoms with Gasteiger partial charge in [0.2, 0.25) is 11.9 Å². The van der Waals surface area contributed by atoms with Crippen LogP contribution in [0.3, 0.4) is 0 Å². The summed E-state index contributed by atoms with van der Waals surface area (Å²) in [6.45, 7) is 4.43. The van der Waals surface area contributed by atoms with Crippen LogP contribution in [0.4, 0.5) is 20.4 Å². The van der Waals surface area contributed by atoms with E-state index in [-0.39, 0.29) is 11.6 Å². The summed E-state index contributed by atoms with van der Waals surface area (Å²) >= 11 is 0. The molecule has 1 aliphatic heterocycles. The highest BCUT2D eigenvalue weighted by Gasteiger charge is 2.26. The smallest absolute Gasteiger partial charge is 0.241 e. The molecule has 3 rings (SSSR count). The second-order valence-corrected chi connectivity index (χ2v) is 5.86. The number of nitrogens with one attached hydrogen (secondary N) is 1. The van der Waals surface area contributed by atoms with Gasteiger partial charge in [0.15, 0.2) is 0 Å². The van der Waals surface area contributed by atoms with E-state index >= 15 is 0 Å². The molecule has 0 bridgehead atoms. The van der Waals surface area contributed by atoms with Gasteiger partial charge in [-0.3, -0.25) is 9.69 Å². The molecule has 2 aromatic rings. The zero-order chi connectivity index (χ0) is 17.8. The molecule has 1 atom stereocenters. The van der Waals surface area contributed by atoms with Crippen molar-refractivity contribution in [3.8, 4) is 0 Å². The number of amides is 1. The third kappa shape index (κ3) is 4.08. The molecule has 1 amide bonds. The number of halogens is 2. The predicted octanol–water partition coefficient (Wildman–Crippen LogP) is 1.90. The van der Waals surface area contributed by atoms with Crippen LogP contribution in [-0.4, -0.2) is 53.0 Å². The van der Waals surface area contributed by atoms with E-state index in [9.17, 15) is 13.6 Å². The molecule has 0 spiro atoms. The highest BCUT2D eigenvalue weighted by Crippen LogP contribution is 2.17. The summed E-state index contributed by atoms with van der Waals surface area (Å²) in [4.78, 5) is 24.8. The van der Waals surface area contributed by atoms with Gasteiger partial charge in [0.1, 0.15) is 11.6 Å². The normalized spacial score (nSPS) is 16.5. The van der Waals surface area contributed by atoms with Gasteiger partial charge in [-0.15, -0.1) is 0 Å². The van der Waals surface area contributed by atoms with Crippen molar-refractivity contribution in [2.24, 2.45) is 0 Å². The van der Waals surface area contributed by atoms with Crippen molar-refractivity contribution in [2.75, 3.05) is 36.4 Å². The lowest BCUT2D eigenvalue weighted by Gasteiger charge is -2.37. The molecule has 2 heterocycles. The fraction of sp³-hybridized carbons (Fsp3) is 0.353. The SMILES string of the molecule is C[C@H](C(=O)Nc1cc(F)ccc1F)N1CCN(c2ncccn2)CC1. The molecule has 1 aliphatic rings. The molecule has 1 aromatic heterocycles. The second-order valence-electron chi connectivity index (χ2n) is 5.86. The Kier molecular flexibility index (Phi) is 5.18. The average molecular weight is 347 g/mol. The number of hydrogen-bond donors (Lipinski definition) is 1. The zero-order valence-corrected chi connectivity index (χ0v) is 13.8. The van der Waals surface area contributed by atoms with E-state index in [4.69, 9.17) is 0 Å². The van der Waals surface area contributed by atoms with Gasteiger partial charge >= 0.3 is 0 Å². The van der Waals surface area contributed by atoms with E-state index in [2.05, 4.69) is 15.3 Å². The van der Waals surface area contributed by atoms with E-state index in [1.165, 1.54) is 0 Å². The lowest BCUT2D eigenvalue weighted by atomic mass is 10.2. The minimum Gasteiger partial charge on any atom is -0.338 e. The number of anilines is 2. The van der Waals surface area contributed by atoms with Crippen LogP contribution >= 0.6 is 0 Å². The Hall–Kier alpha value is -2.61. The first-order valence-electron chi connectivity index (χ1n) is 8.06. The van der Waals surface area contributed by atoms with Crippen LogP contribution in [0, 0.1) is 11.6 Å². The van der Waals surface area contributed by atoms with Gasteiger partial charge in [0, 0.05) is 44.6 Å². The number of carbonyl (C=O) groups excluding carboxylic acids is 1. The largest absolute Gasteiger partial charge is 0.338 e.